The third-order valence-electron chi connectivity index (χ3n) is 4.88. The molecular formula is C21H31IN8. The largest absolute Gasteiger partial charge is 0.354 e. The molecule has 3 rings (SSSR count). The second-order valence-electron chi connectivity index (χ2n) is 7.21. The van der Waals surface area contributed by atoms with Gasteiger partial charge in [-0.1, -0.05) is 24.3 Å². The van der Waals surface area contributed by atoms with Gasteiger partial charge in [0.15, 0.2) is 5.96 Å². The first-order chi connectivity index (χ1) is 14.1. The molecule has 2 N–H and O–H groups in total. The van der Waals surface area contributed by atoms with E-state index in [1.54, 1.807) is 13.2 Å². The minimum absolute atomic E-state index is 0. The van der Waals surface area contributed by atoms with Crippen LogP contribution in [0.4, 0.5) is 0 Å². The van der Waals surface area contributed by atoms with Crippen molar-refractivity contribution < 1.29 is 0 Å². The summed E-state index contributed by atoms with van der Waals surface area (Å²) in [4.78, 5) is 6.55. The zero-order chi connectivity index (χ0) is 20.6. The number of hydrogen-bond donors (Lipinski definition) is 2. The van der Waals surface area contributed by atoms with Gasteiger partial charge in [-0.25, -0.2) is 0 Å². The van der Waals surface area contributed by atoms with E-state index in [1.807, 2.05) is 41.1 Å². The summed E-state index contributed by atoms with van der Waals surface area (Å²) in [5, 5.41) is 15.5. The molecule has 30 heavy (non-hydrogen) atoms. The van der Waals surface area contributed by atoms with Gasteiger partial charge in [0.05, 0.1) is 18.8 Å². The Morgan fingerprint density at radius 2 is 1.90 bits per heavy atom. The minimum Gasteiger partial charge on any atom is -0.354 e. The molecule has 9 heteroatoms. The summed E-state index contributed by atoms with van der Waals surface area (Å²) in [5.74, 6) is 0.773. The number of nitrogens with zero attached hydrogens (tertiary/aromatic N) is 6. The number of likely N-dealkylation sites (N-methyl/N-ethyl adjacent to an activating group) is 1. The van der Waals surface area contributed by atoms with Crippen LogP contribution >= 0.6 is 24.0 Å². The highest BCUT2D eigenvalue weighted by Gasteiger charge is 2.16. The highest BCUT2D eigenvalue weighted by molar-refractivity contribution is 14.0. The predicted molar refractivity (Wildman–Crippen MR) is 131 cm³/mol. The lowest BCUT2D eigenvalue weighted by atomic mass is 10.1. The van der Waals surface area contributed by atoms with Crippen molar-refractivity contribution in [3.63, 3.8) is 0 Å². The molecule has 0 saturated carbocycles. The van der Waals surface area contributed by atoms with Gasteiger partial charge in [-0.3, -0.25) is 14.4 Å². The summed E-state index contributed by atoms with van der Waals surface area (Å²) >= 11 is 0. The van der Waals surface area contributed by atoms with Gasteiger partial charge in [0, 0.05) is 51.3 Å². The van der Waals surface area contributed by atoms with Crippen molar-refractivity contribution in [3.8, 4) is 0 Å². The smallest absolute Gasteiger partial charge is 0.191 e. The van der Waals surface area contributed by atoms with Crippen LogP contribution in [-0.2, 0) is 20.1 Å². The van der Waals surface area contributed by atoms with Crippen LogP contribution in [0, 0.1) is 0 Å². The maximum atomic E-state index is 4.38. The minimum atomic E-state index is 0. The SMILES string of the molecule is CN=C(NCc1ccccc1Cn1cccn1)NCC(c1cnn(C)c1)N(C)C.I. The van der Waals surface area contributed by atoms with Gasteiger partial charge in [0.2, 0.25) is 0 Å². The molecular weight excluding hydrogens is 491 g/mol. The number of aromatic nitrogens is 4. The van der Waals surface area contributed by atoms with E-state index < -0.39 is 0 Å². The molecule has 1 atom stereocenters. The van der Waals surface area contributed by atoms with Crippen molar-refractivity contribution in [1.82, 2.24) is 35.1 Å². The Morgan fingerprint density at radius 1 is 1.13 bits per heavy atom. The van der Waals surface area contributed by atoms with Crippen LogP contribution in [0.1, 0.15) is 22.7 Å². The standard InChI is InChI=1S/C21H30N8.HI/c1-22-21(24-14-20(27(2)3)19-13-26-28(4)15-19)23-12-17-8-5-6-9-18(17)16-29-11-7-10-25-29;/h5-11,13,15,20H,12,14,16H2,1-4H3,(H2,22,23,24);1H. The molecule has 162 valence electrons. The van der Waals surface area contributed by atoms with Crippen LogP contribution in [0.2, 0.25) is 0 Å². The average molecular weight is 522 g/mol. The second-order valence-corrected chi connectivity index (χ2v) is 7.21. The van der Waals surface area contributed by atoms with E-state index in [-0.39, 0.29) is 30.0 Å². The van der Waals surface area contributed by atoms with Crippen molar-refractivity contribution in [2.45, 2.75) is 19.1 Å². The lowest BCUT2D eigenvalue weighted by Crippen LogP contribution is -2.41. The number of rotatable bonds is 8. The monoisotopic (exact) mass is 522 g/mol. The van der Waals surface area contributed by atoms with Crippen LogP contribution < -0.4 is 10.6 Å². The molecule has 2 aromatic heterocycles. The fraction of sp³-hybridized carbons (Fsp3) is 0.381. The first-order valence-corrected chi connectivity index (χ1v) is 9.70. The summed E-state index contributed by atoms with van der Waals surface area (Å²) in [6.07, 6.45) is 7.74. The molecule has 0 spiro atoms. The Balaban J connectivity index is 0.00000320. The van der Waals surface area contributed by atoms with Crippen molar-refractivity contribution in [2.24, 2.45) is 12.0 Å². The highest BCUT2D eigenvalue weighted by atomic mass is 127. The molecule has 0 aliphatic rings. The molecule has 0 saturated heterocycles. The van der Waals surface area contributed by atoms with E-state index in [1.165, 1.54) is 16.7 Å². The molecule has 0 aliphatic carbocycles. The van der Waals surface area contributed by atoms with Crippen molar-refractivity contribution >= 4 is 29.9 Å². The number of aliphatic imine (C=N–C) groups is 1. The molecule has 0 radical (unpaired) electrons. The third-order valence-corrected chi connectivity index (χ3v) is 4.88. The molecule has 2 heterocycles. The number of halogens is 1. The van der Waals surface area contributed by atoms with Gasteiger partial charge in [-0.05, 0) is 31.3 Å². The Bertz CT molecular complexity index is 917. The van der Waals surface area contributed by atoms with E-state index in [9.17, 15) is 0 Å². The Morgan fingerprint density at radius 3 is 2.50 bits per heavy atom. The summed E-state index contributed by atoms with van der Waals surface area (Å²) in [5.41, 5.74) is 3.63. The Labute approximate surface area is 195 Å². The van der Waals surface area contributed by atoms with Crippen LogP contribution in [-0.4, -0.2) is 58.1 Å². The van der Waals surface area contributed by atoms with E-state index in [0.29, 0.717) is 6.54 Å². The number of guanidine groups is 1. The molecule has 3 aromatic rings. The Kier molecular flexibility index (Phi) is 9.31. The topological polar surface area (TPSA) is 75.3 Å². The predicted octanol–water partition coefficient (Wildman–Crippen LogP) is 2.25. The van der Waals surface area contributed by atoms with Crippen LogP contribution in [0.3, 0.4) is 0 Å². The Hall–Kier alpha value is -2.40. The molecule has 0 bridgehead atoms. The van der Waals surface area contributed by atoms with E-state index in [2.05, 4.69) is 69.1 Å². The highest BCUT2D eigenvalue weighted by Crippen LogP contribution is 2.16. The van der Waals surface area contributed by atoms with Crippen molar-refractivity contribution in [3.05, 3.63) is 71.8 Å². The first-order valence-electron chi connectivity index (χ1n) is 9.70. The lowest BCUT2D eigenvalue weighted by Gasteiger charge is -2.24. The van der Waals surface area contributed by atoms with E-state index in [4.69, 9.17) is 0 Å². The molecule has 0 fully saturated rings. The second kappa shape index (κ2) is 11.7. The van der Waals surface area contributed by atoms with Gasteiger partial charge >= 0.3 is 0 Å². The fourth-order valence-corrected chi connectivity index (χ4v) is 3.26. The average Bonchev–Trinajstić information content (AvgIpc) is 3.37. The van der Waals surface area contributed by atoms with Crippen LogP contribution in [0.25, 0.3) is 0 Å². The zero-order valence-electron chi connectivity index (χ0n) is 18.0. The summed E-state index contributed by atoms with van der Waals surface area (Å²) < 4.78 is 3.76. The molecule has 0 aliphatic heterocycles. The normalized spacial score (nSPS) is 12.5. The quantitative estimate of drug-likeness (QED) is 0.270. The first kappa shape index (κ1) is 23.9. The van der Waals surface area contributed by atoms with Crippen molar-refractivity contribution in [2.75, 3.05) is 27.7 Å². The summed E-state index contributed by atoms with van der Waals surface area (Å²) in [6.45, 7) is 2.17. The number of benzene rings is 1. The van der Waals surface area contributed by atoms with Crippen LogP contribution in [0.5, 0.6) is 0 Å². The van der Waals surface area contributed by atoms with Crippen molar-refractivity contribution in [1.29, 1.82) is 0 Å². The summed E-state index contributed by atoms with van der Waals surface area (Å²) in [6, 6.07) is 10.5. The number of nitrogens with one attached hydrogen (secondary N) is 2. The molecule has 8 nitrogen and oxygen atoms in total. The number of hydrogen-bond acceptors (Lipinski definition) is 4. The van der Waals surface area contributed by atoms with E-state index in [0.717, 1.165) is 19.0 Å². The third kappa shape index (κ3) is 6.56. The fourth-order valence-electron chi connectivity index (χ4n) is 3.26. The maximum absolute atomic E-state index is 4.38. The molecule has 0 amide bonds. The van der Waals surface area contributed by atoms with Crippen LogP contribution in [0.15, 0.2) is 60.1 Å². The van der Waals surface area contributed by atoms with Gasteiger partial charge in [-0.15, -0.1) is 24.0 Å². The van der Waals surface area contributed by atoms with Gasteiger partial charge in [0.1, 0.15) is 0 Å². The van der Waals surface area contributed by atoms with E-state index >= 15 is 0 Å². The molecule has 1 aromatic carbocycles. The zero-order valence-corrected chi connectivity index (χ0v) is 20.3. The summed E-state index contributed by atoms with van der Waals surface area (Å²) in [7, 11) is 7.87. The molecule has 1 unspecified atom stereocenters. The number of aryl methyl sites for hydroxylation is 1. The maximum Gasteiger partial charge on any atom is 0.191 e. The van der Waals surface area contributed by atoms with Gasteiger partial charge in [0.25, 0.3) is 0 Å². The van der Waals surface area contributed by atoms with Gasteiger partial charge in [-0.2, -0.15) is 10.2 Å². The lowest BCUT2D eigenvalue weighted by molar-refractivity contribution is 0.298. The van der Waals surface area contributed by atoms with Gasteiger partial charge < -0.3 is 15.5 Å².